The molecule has 0 radical (unpaired) electrons. The van der Waals surface area contributed by atoms with Crippen molar-refractivity contribution in [3.63, 3.8) is 0 Å². The van der Waals surface area contributed by atoms with Gasteiger partial charge in [-0.25, -0.2) is 14.4 Å². The van der Waals surface area contributed by atoms with Gasteiger partial charge in [0.1, 0.15) is 36.4 Å². The smallest absolute Gasteiger partial charge is 0.407 e. The van der Waals surface area contributed by atoms with Crippen molar-refractivity contribution in [2.75, 3.05) is 13.7 Å². The van der Waals surface area contributed by atoms with Gasteiger partial charge < -0.3 is 35.5 Å². The summed E-state index contributed by atoms with van der Waals surface area (Å²) in [6, 6.07) is 18.0. The van der Waals surface area contributed by atoms with Crippen molar-refractivity contribution in [2.24, 2.45) is 0 Å². The van der Waals surface area contributed by atoms with Crippen molar-refractivity contribution in [3.05, 3.63) is 95.1 Å². The van der Waals surface area contributed by atoms with Gasteiger partial charge >= 0.3 is 18.0 Å². The van der Waals surface area contributed by atoms with Gasteiger partial charge in [0.15, 0.2) is 0 Å². The van der Waals surface area contributed by atoms with Crippen LogP contribution in [0.5, 0.6) is 0 Å². The molecule has 4 unspecified atom stereocenters. The van der Waals surface area contributed by atoms with E-state index < -0.39 is 65.5 Å². The zero-order chi connectivity index (χ0) is 38.2. The fraction of sp³-hybridized carbons (Fsp3) is 0.385. The zero-order valence-electron chi connectivity index (χ0n) is 30.4. The Balaban J connectivity index is 1.24. The maximum Gasteiger partial charge on any atom is 0.407 e. The molecule has 0 bridgehead atoms. The van der Waals surface area contributed by atoms with Gasteiger partial charge in [-0.3, -0.25) is 14.4 Å². The highest BCUT2D eigenvalue weighted by molar-refractivity contribution is 5.94. The van der Waals surface area contributed by atoms with Gasteiger partial charge in [-0.15, -0.1) is 0 Å². The van der Waals surface area contributed by atoms with E-state index in [9.17, 15) is 28.8 Å². The molecule has 4 rings (SSSR count). The number of carbonyl (C=O) groups excluding carboxylic acids is 6. The predicted octanol–water partition coefficient (Wildman–Crippen LogP) is 3.78. The van der Waals surface area contributed by atoms with Crippen LogP contribution >= 0.6 is 0 Å². The maximum atomic E-state index is 13.0. The van der Waals surface area contributed by atoms with E-state index in [1.165, 1.54) is 27.9 Å². The van der Waals surface area contributed by atoms with Crippen LogP contribution in [0, 0.1) is 0 Å². The second-order valence-electron chi connectivity index (χ2n) is 13.6. The first-order chi connectivity index (χ1) is 24.6. The summed E-state index contributed by atoms with van der Waals surface area (Å²) in [5.41, 5.74) is 4.59. The molecule has 0 spiro atoms. The van der Waals surface area contributed by atoms with E-state index in [1.807, 2.05) is 48.5 Å². The second kappa shape index (κ2) is 17.0. The monoisotopic (exact) mass is 714 g/mol. The summed E-state index contributed by atoms with van der Waals surface area (Å²) in [5.74, 6) is -3.33. The van der Waals surface area contributed by atoms with E-state index in [1.54, 1.807) is 45.0 Å². The van der Waals surface area contributed by atoms with Gasteiger partial charge in [-0.2, -0.15) is 0 Å². The lowest BCUT2D eigenvalue weighted by atomic mass is 9.98. The molecule has 276 valence electrons. The molecule has 3 aromatic carbocycles. The molecule has 0 fully saturated rings. The minimum atomic E-state index is -1.09. The first kappa shape index (κ1) is 39.1. The van der Waals surface area contributed by atoms with Crippen LogP contribution in [0.15, 0.2) is 72.8 Å². The van der Waals surface area contributed by atoms with Gasteiger partial charge in [0.25, 0.3) is 0 Å². The Morgan fingerprint density at radius 2 is 1.15 bits per heavy atom. The third kappa shape index (κ3) is 10.2. The predicted molar refractivity (Wildman–Crippen MR) is 192 cm³/mol. The summed E-state index contributed by atoms with van der Waals surface area (Å²) < 4.78 is 15.7. The van der Waals surface area contributed by atoms with Crippen molar-refractivity contribution in [3.8, 4) is 11.1 Å². The molecule has 4 amide bonds. The topological polar surface area (TPSA) is 178 Å². The molecule has 1 aliphatic carbocycles. The standard InChI is InChI=1S/C39H46N4O9/c1-22(40-34(45)24(3)42-38(49)51-21-31-29-14-10-8-12-27(29)28-13-9-11-15-30(28)31)33(44)41-23(2)35(46)43-32(37(48)50-7)20-25-16-18-26(19-17-25)36(47)52-39(4,5)6/h8-19,22-24,31-32H,20-21H2,1-7H3,(H,40,45)(H,41,44)(H,42,49)(H,43,46). The largest absolute Gasteiger partial charge is 0.467 e. The molecule has 0 saturated carbocycles. The maximum absolute atomic E-state index is 13.0. The third-order valence-electron chi connectivity index (χ3n) is 8.41. The Morgan fingerprint density at radius 1 is 0.673 bits per heavy atom. The summed E-state index contributed by atoms with van der Waals surface area (Å²) in [6.45, 7) is 9.67. The fourth-order valence-corrected chi connectivity index (χ4v) is 5.67. The van der Waals surface area contributed by atoms with Gasteiger partial charge in [0, 0.05) is 12.3 Å². The van der Waals surface area contributed by atoms with Crippen LogP contribution in [0.1, 0.15) is 74.5 Å². The number of fused-ring (bicyclic) bond motifs is 3. The minimum Gasteiger partial charge on any atom is -0.467 e. The number of benzene rings is 3. The van der Waals surface area contributed by atoms with Crippen molar-refractivity contribution in [2.45, 2.75) is 83.6 Å². The van der Waals surface area contributed by atoms with E-state index in [2.05, 4.69) is 21.3 Å². The average molecular weight is 715 g/mol. The average Bonchev–Trinajstić information content (AvgIpc) is 3.42. The number of carbonyl (C=O) groups is 6. The number of hydrogen-bond acceptors (Lipinski definition) is 9. The number of esters is 2. The van der Waals surface area contributed by atoms with Crippen molar-refractivity contribution >= 4 is 35.8 Å². The van der Waals surface area contributed by atoms with E-state index in [-0.39, 0.29) is 18.9 Å². The third-order valence-corrected chi connectivity index (χ3v) is 8.41. The summed E-state index contributed by atoms with van der Waals surface area (Å²) >= 11 is 0. The van der Waals surface area contributed by atoms with E-state index in [4.69, 9.17) is 14.2 Å². The number of hydrogen-bond donors (Lipinski definition) is 4. The van der Waals surface area contributed by atoms with Crippen LogP contribution in [-0.2, 0) is 39.8 Å². The highest BCUT2D eigenvalue weighted by Crippen LogP contribution is 2.44. The number of ether oxygens (including phenoxy) is 3. The van der Waals surface area contributed by atoms with Gasteiger partial charge in [0.2, 0.25) is 17.7 Å². The molecule has 4 atom stereocenters. The van der Waals surface area contributed by atoms with Crippen molar-refractivity contribution < 1.29 is 43.0 Å². The molecule has 13 nitrogen and oxygen atoms in total. The van der Waals surface area contributed by atoms with Crippen LogP contribution in [-0.4, -0.2) is 79.2 Å². The number of rotatable bonds is 13. The van der Waals surface area contributed by atoms with Crippen molar-refractivity contribution in [1.29, 1.82) is 0 Å². The molecular weight excluding hydrogens is 668 g/mol. The molecule has 13 heteroatoms. The normalized spacial score (nSPS) is 14.3. The summed E-state index contributed by atoms with van der Waals surface area (Å²) in [5, 5.41) is 10.1. The number of amides is 4. The highest BCUT2D eigenvalue weighted by Gasteiger charge is 2.31. The van der Waals surface area contributed by atoms with Gasteiger partial charge in [-0.05, 0) is 81.5 Å². The van der Waals surface area contributed by atoms with Crippen LogP contribution in [0.3, 0.4) is 0 Å². The van der Waals surface area contributed by atoms with E-state index >= 15 is 0 Å². The van der Waals surface area contributed by atoms with Gasteiger partial charge in [0.05, 0.1) is 12.7 Å². The van der Waals surface area contributed by atoms with Gasteiger partial charge in [-0.1, -0.05) is 60.7 Å². The summed E-state index contributed by atoms with van der Waals surface area (Å²) in [7, 11) is 1.19. The Labute approximate surface area is 303 Å². The fourth-order valence-electron chi connectivity index (χ4n) is 5.67. The SMILES string of the molecule is COC(=O)C(Cc1ccc(C(=O)OC(C)(C)C)cc1)NC(=O)C(C)NC(=O)C(C)NC(=O)C(C)NC(=O)OCC1c2ccccc2-c2ccccc21. The van der Waals surface area contributed by atoms with E-state index in [0.29, 0.717) is 11.1 Å². The lowest BCUT2D eigenvalue weighted by Crippen LogP contribution is -2.56. The Morgan fingerprint density at radius 3 is 1.65 bits per heavy atom. The lowest BCUT2D eigenvalue weighted by molar-refractivity contribution is -0.145. The first-order valence-electron chi connectivity index (χ1n) is 17.0. The van der Waals surface area contributed by atoms with Crippen molar-refractivity contribution in [1.82, 2.24) is 21.3 Å². The first-order valence-corrected chi connectivity index (χ1v) is 17.0. The zero-order valence-corrected chi connectivity index (χ0v) is 30.4. The molecule has 0 aliphatic heterocycles. The number of alkyl carbamates (subject to hydrolysis) is 1. The molecule has 4 N–H and O–H groups in total. The highest BCUT2D eigenvalue weighted by atomic mass is 16.6. The van der Waals surface area contributed by atoms with Crippen LogP contribution in [0.4, 0.5) is 4.79 Å². The second-order valence-corrected chi connectivity index (χ2v) is 13.6. The Kier molecular flexibility index (Phi) is 12.8. The molecule has 1 aliphatic rings. The van der Waals surface area contributed by atoms with Crippen LogP contribution in [0.2, 0.25) is 0 Å². The number of methoxy groups -OCH3 is 1. The number of nitrogens with one attached hydrogen (secondary N) is 4. The molecular formula is C39H46N4O9. The molecule has 3 aromatic rings. The summed E-state index contributed by atoms with van der Waals surface area (Å²) in [4.78, 5) is 76.2. The molecule has 52 heavy (non-hydrogen) atoms. The molecule has 0 saturated heterocycles. The lowest BCUT2D eigenvalue weighted by Gasteiger charge is -2.22. The molecule has 0 aromatic heterocycles. The van der Waals surface area contributed by atoms with Crippen LogP contribution in [0.25, 0.3) is 11.1 Å². The van der Waals surface area contributed by atoms with E-state index in [0.717, 1.165) is 22.3 Å². The molecule has 0 heterocycles. The quantitative estimate of drug-likeness (QED) is 0.152. The summed E-state index contributed by atoms with van der Waals surface area (Å²) in [6.07, 6.45) is -0.736. The Bertz CT molecular complexity index is 1760. The Hall–Kier alpha value is -5.72. The van der Waals surface area contributed by atoms with Crippen LogP contribution < -0.4 is 21.3 Å². The minimum absolute atomic E-state index is 0.0503.